The standard InChI is InChI=1S/C14H29NO2/c1-10(2)8-17-13-7-12(14(13,4)5)15-11(3)9-16-6/h10-13,15H,7-9H2,1-6H3. The predicted octanol–water partition coefficient (Wildman–Crippen LogP) is 2.45. The van der Waals surface area contributed by atoms with E-state index in [1.165, 1.54) is 0 Å². The second kappa shape index (κ2) is 6.17. The second-order valence-electron chi connectivity index (χ2n) is 6.35. The molecule has 0 bridgehead atoms. The fraction of sp³-hybridized carbons (Fsp3) is 1.00. The van der Waals surface area contributed by atoms with E-state index in [-0.39, 0.29) is 5.41 Å². The highest BCUT2D eigenvalue weighted by atomic mass is 16.5. The number of nitrogens with one attached hydrogen (secondary N) is 1. The smallest absolute Gasteiger partial charge is 0.0656 e. The lowest BCUT2D eigenvalue weighted by Crippen LogP contribution is -2.63. The maximum atomic E-state index is 5.96. The van der Waals surface area contributed by atoms with Crippen molar-refractivity contribution in [1.29, 1.82) is 0 Å². The zero-order valence-electron chi connectivity index (χ0n) is 12.2. The van der Waals surface area contributed by atoms with Gasteiger partial charge in [0.1, 0.15) is 0 Å². The molecule has 0 aromatic carbocycles. The van der Waals surface area contributed by atoms with Crippen LogP contribution >= 0.6 is 0 Å². The van der Waals surface area contributed by atoms with Crippen LogP contribution in [0.4, 0.5) is 0 Å². The van der Waals surface area contributed by atoms with Gasteiger partial charge in [0, 0.05) is 31.2 Å². The van der Waals surface area contributed by atoms with Crippen molar-refractivity contribution in [2.45, 2.75) is 59.2 Å². The van der Waals surface area contributed by atoms with Crippen LogP contribution in [0.3, 0.4) is 0 Å². The fourth-order valence-corrected chi connectivity index (χ4v) is 2.40. The zero-order valence-corrected chi connectivity index (χ0v) is 12.2. The lowest BCUT2D eigenvalue weighted by molar-refractivity contribution is -0.126. The summed E-state index contributed by atoms with van der Waals surface area (Å²) in [4.78, 5) is 0. The molecule has 0 aliphatic heterocycles. The van der Waals surface area contributed by atoms with Crippen LogP contribution in [0.25, 0.3) is 0 Å². The van der Waals surface area contributed by atoms with Gasteiger partial charge in [0.2, 0.25) is 0 Å². The molecule has 3 atom stereocenters. The first-order chi connectivity index (χ1) is 7.87. The molecule has 3 unspecified atom stereocenters. The highest BCUT2D eigenvalue weighted by Gasteiger charge is 2.49. The van der Waals surface area contributed by atoms with E-state index in [9.17, 15) is 0 Å². The van der Waals surface area contributed by atoms with Crippen LogP contribution in [-0.2, 0) is 9.47 Å². The second-order valence-corrected chi connectivity index (χ2v) is 6.35. The summed E-state index contributed by atoms with van der Waals surface area (Å²) in [5.41, 5.74) is 0.233. The van der Waals surface area contributed by atoms with Gasteiger partial charge in [0.15, 0.2) is 0 Å². The van der Waals surface area contributed by atoms with Crippen LogP contribution in [0.1, 0.15) is 41.0 Å². The molecule has 102 valence electrons. The minimum absolute atomic E-state index is 0.233. The summed E-state index contributed by atoms with van der Waals surface area (Å²) in [6, 6.07) is 0.958. The zero-order chi connectivity index (χ0) is 13.1. The van der Waals surface area contributed by atoms with Crippen LogP contribution < -0.4 is 5.32 Å². The number of ether oxygens (including phenoxy) is 2. The van der Waals surface area contributed by atoms with Crippen molar-refractivity contribution in [2.24, 2.45) is 11.3 Å². The molecular weight excluding hydrogens is 214 g/mol. The topological polar surface area (TPSA) is 30.5 Å². The summed E-state index contributed by atoms with van der Waals surface area (Å²) < 4.78 is 11.1. The van der Waals surface area contributed by atoms with Gasteiger partial charge in [-0.1, -0.05) is 27.7 Å². The Kier molecular flexibility index (Phi) is 5.42. The summed E-state index contributed by atoms with van der Waals surface area (Å²) >= 11 is 0. The molecule has 3 nitrogen and oxygen atoms in total. The number of rotatable bonds is 7. The molecule has 0 aromatic rings. The Morgan fingerprint density at radius 2 is 1.88 bits per heavy atom. The van der Waals surface area contributed by atoms with E-state index in [0.29, 0.717) is 24.1 Å². The van der Waals surface area contributed by atoms with Gasteiger partial charge in [0.05, 0.1) is 12.7 Å². The minimum atomic E-state index is 0.233. The van der Waals surface area contributed by atoms with Gasteiger partial charge in [0.25, 0.3) is 0 Å². The Morgan fingerprint density at radius 1 is 1.24 bits per heavy atom. The first-order valence-electron chi connectivity index (χ1n) is 6.74. The van der Waals surface area contributed by atoms with E-state index >= 15 is 0 Å². The van der Waals surface area contributed by atoms with Gasteiger partial charge in [-0.25, -0.2) is 0 Å². The predicted molar refractivity (Wildman–Crippen MR) is 71.2 cm³/mol. The molecule has 1 rings (SSSR count). The van der Waals surface area contributed by atoms with Crippen molar-refractivity contribution in [3.63, 3.8) is 0 Å². The lowest BCUT2D eigenvalue weighted by Gasteiger charge is -2.53. The summed E-state index contributed by atoms with van der Waals surface area (Å²) in [7, 11) is 1.75. The van der Waals surface area contributed by atoms with E-state index in [1.54, 1.807) is 7.11 Å². The Morgan fingerprint density at radius 3 is 2.35 bits per heavy atom. The van der Waals surface area contributed by atoms with Crippen LogP contribution in [0.15, 0.2) is 0 Å². The van der Waals surface area contributed by atoms with Crippen LogP contribution in [0.2, 0.25) is 0 Å². The van der Waals surface area contributed by atoms with Crippen LogP contribution in [-0.4, -0.2) is 38.5 Å². The van der Waals surface area contributed by atoms with Crippen molar-refractivity contribution in [2.75, 3.05) is 20.3 Å². The van der Waals surface area contributed by atoms with Gasteiger partial charge >= 0.3 is 0 Å². The van der Waals surface area contributed by atoms with Crippen molar-refractivity contribution in [3.8, 4) is 0 Å². The molecule has 0 heterocycles. The largest absolute Gasteiger partial charge is 0.383 e. The van der Waals surface area contributed by atoms with E-state index in [4.69, 9.17) is 9.47 Å². The summed E-state index contributed by atoms with van der Waals surface area (Å²) in [5, 5.41) is 3.62. The van der Waals surface area contributed by atoms with Gasteiger partial charge in [-0.3, -0.25) is 0 Å². The maximum absolute atomic E-state index is 5.96. The van der Waals surface area contributed by atoms with Gasteiger partial charge < -0.3 is 14.8 Å². The third-order valence-electron chi connectivity index (χ3n) is 3.71. The maximum Gasteiger partial charge on any atom is 0.0656 e. The molecule has 0 spiro atoms. The van der Waals surface area contributed by atoms with E-state index < -0.39 is 0 Å². The normalized spacial score (nSPS) is 29.1. The quantitative estimate of drug-likeness (QED) is 0.745. The minimum Gasteiger partial charge on any atom is -0.383 e. The Labute approximate surface area is 106 Å². The molecule has 0 radical (unpaired) electrons. The molecule has 0 saturated heterocycles. The molecule has 0 aromatic heterocycles. The summed E-state index contributed by atoms with van der Waals surface area (Å²) in [6.07, 6.45) is 1.52. The van der Waals surface area contributed by atoms with Crippen molar-refractivity contribution < 1.29 is 9.47 Å². The third-order valence-corrected chi connectivity index (χ3v) is 3.71. The number of hydrogen-bond donors (Lipinski definition) is 1. The molecule has 0 amide bonds. The van der Waals surface area contributed by atoms with Gasteiger partial charge in [-0.2, -0.15) is 0 Å². The molecule has 1 aliphatic rings. The fourth-order valence-electron chi connectivity index (χ4n) is 2.40. The third kappa shape index (κ3) is 3.94. The van der Waals surface area contributed by atoms with Crippen LogP contribution in [0.5, 0.6) is 0 Å². The molecule has 1 saturated carbocycles. The number of hydrogen-bond acceptors (Lipinski definition) is 3. The Bertz CT molecular complexity index is 228. The number of methoxy groups -OCH3 is 1. The van der Waals surface area contributed by atoms with Crippen LogP contribution in [0, 0.1) is 11.3 Å². The molecule has 1 fully saturated rings. The Hall–Kier alpha value is -0.120. The highest BCUT2D eigenvalue weighted by Crippen LogP contribution is 2.43. The monoisotopic (exact) mass is 243 g/mol. The van der Waals surface area contributed by atoms with Gasteiger partial charge in [-0.15, -0.1) is 0 Å². The van der Waals surface area contributed by atoms with E-state index in [1.807, 2.05) is 0 Å². The van der Waals surface area contributed by atoms with Crippen molar-refractivity contribution in [3.05, 3.63) is 0 Å². The lowest BCUT2D eigenvalue weighted by atomic mass is 9.64. The molecule has 17 heavy (non-hydrogen) atoms. The highest BCUT2D eigenvalue weighted by molar-refractivity contribution is 5.03. The first kappa shape index (κ1) is 14.9. The van der Waals surface area contributed by atoms with Crippen molar-refractivity contribution in [1.82, 2.24) is 5.32 Å². The Balaban J connectivity index is 2.33. The molecule has 3 heteroatoms. The summed E-state index contributed by atoms with van der Waals surface area (Å²) in [5.74, 6) is 0.616. The molecular formula is C14H29NO2. The molecule has 1 N–H and O–H groups in total. The van der Waals surface area contributed by atoms with Gasteiger partial charge in [-0.05, 0) is 19.3 Å². The first-order valence-corrected chi connectivity index (χ1v) is 6.74. The molecule has 1 aliphatic carbocycles. The van der Waals surface area contributed by atoms with Crippen molar-refractivity contribution >= 4 is 0 Å². The van der Waals surface area contributed by atoms with E-state index in [0.717, 1.165) is 19.6 Å². The average molecular weight is 243 g/mol. The summed E-state index contributed by atoms with van der Waals surface area (Å²) in [6.45, 7) is 12.8. The van der Waals surface area contributed by atoms with E-state index in [2.05, 4.69) is 39.9 Å². The SMILES string of the molecule is COCC(C)NC1CC(OCC(C)C)C1(C)C. The average Bonchev–Trinajstić information content (AvgIpc) is 2.22.